The zero-order chi connectivity index (χ0) is 15.9. The molecule has 5 nitrogen and oxygen atoms in total. The van der Waals surface area contributed by atoms with E-state index in [9.17, 15) is 4.79 Å². The lowest BCUT2D eigenvalue weighted by Gasteiger charge is -2.11. The highest BCUT2D eigenvalue weighted by atomic mass is 127. The molecular formula is C17H27IN4O. The van der Waals surface area contributed by atoms with Gasteiger partial charge in [0.1, 0.15) is 0 Å². The van der Waals surface area contributed by atoms with E-state index in [1.165, 1.54) is 24.0 Å². The zero-order valence-corrected chi connectivity index (χ0v) is 16.2. The van der Waals surface area contributed by atoms with Gasteiger partial charge in [0, 0.05) is 18.2 Å². The van der Waals surface area contributed by atoms with Crippen molar-refractivity contribution in [2.24, 2.45) is 10.7 Å². The molecule has 0 heterocycles. The normalized spacial score (nSPS) is 15.1. The molecule has 0 radical (unpaired) electrons. The average Bonchev–Trinajstić information content (AvgIpc) is 2.95. The van der Waals surface area contributed by atoms with E-state index in [0.717, 1.165) is 18.5 Å². The Bertz CT molecular complexity index is 554. The molecule has 1 aliphatic carbocycles. The highest BCUT2D eigenvalue weighted by Crippen LogP contribution is 2.17. The second-order valence-corrected chi connectivity index (χ2v) is 5.99. The molecule has 0 unspecified atom stereocenters. The van der Waals surface area contributed by atoms with Crippen LogP contribution in [0.3, 0.4) is 0 Å². The van der Waals surface area contributed by atoms with Crippen LogP contribution in [0.25, 0.3) is 0 Å². The SMILES string of the molecule is Cc1ccc(NC(N)=NCCC(=O)NC2CCCC2)cc1C.I. The second-order valence-electron chi connectivity index (χ2n) is 5.99. The summed E-state index contributed by atoms with van der Waals surface area (Å²) in [5, 5.41) is 6.10. The third-order valence-corrected chi connectivity index (χ3v) is 4.12. The van der Waals surface area contributed by atoms with E-state index >= 15 is 0 Å². The van der Waals surface area contributed by atoms with E-state index in [-0.39, 0.29) is 29.9 Å². The average molecular weight is 430 g/mol. The summed E-state index contributed by atoms with van der Waals surface area (Å²) in [6.07, 6.45) is 5.02. The lowest BCUT2D eigenvalue weighted by molar-refractivity contribution is -0.121. The fraction of sp³-hybridized carbons (Fsp3) is 0.529. The van der Waals surface area contributed by atoms with E-state index in [1.54, 1.807) is 0 Å². The number of aliphatic imine (C=N–C) groups is 1. The number of carbonyl (C=O) groups is 1. The minimum atomic E-state index is 0. The molecule has 128 valence electrons. The molecule has 1 aromatic rings. The van der Waals surface area contributed by atoms with Crippen molar-refractivity contribution in [1.82, 2.24) is 5.32 Å². The van der Waals surface area contributed by atoms with Crippen molar-refractivity contribution in [3.63, 3.8) is 0 Å². The Kier molecular flexibility index (Phi) is 8.36. The molecule has 0 atom stereocenters. The van der Waals surface area contributed by atoms with Crippen LogP contribution >= 0.6 is 24.0 Å². The van der Waals surface area contributed by atoms with Crippen LogP contribution < -0.4 is 16.4 Å². The molecule has 1 aliphatic rings. The lowest BCUT2D eigenvalue weighted by atomic mass is 10.1. The largest absolute Gasteiger partial charge is 0.370 e. The van der Waals surface area contributed by atoms with Crippen LogP contribution in [0.1, 0.15) is 43.2 Å². The summed E-state index contributed by atoms with van der Waals surface area (Å²) in [7, 11) is 0. The number of guanidine groups is 1. The van der Waals surface area contributed by atoms with Gasteiger partial charge in [0.25, 0.3) is 0 Å². The number of aryl methyl sites for hydroxylation is 2. The molecule has 1 fully saturated rings. The van der Waals surface area contributed by atoms with Gasteiger partial charge in [0.15, 0.2) is 5.96 Å². The third kappa shape index (κ3) is 6.76. The van der Waals surface area contributed by atoms with Gasteiger partial charge in [-0.15, -0.1) is 24.0 Å². The number of benzene rings is 1. The Hall–Kier alpha value is -1.31. The minimum Gasteiger partial charge on any atom is -0.370 e. The van der Waals surface area contributed by atoms with Crippen molar-refractivity contribution in [1.29, 1.82) is 0 Å². The van der Waals surface area contributed by atoms with E-state index in [2.05, 4.69) is 29.5 Å². The molecule has 0 aromatic heterocycles. The number of halogens is 1. The Morgan fingerprint density at radius 3 is 2.61 bits per heavy atom. The van der Waals surface area contributed by atoms with E-state index in [1.807, 2.05) is 18.2 Å². The predicted octanol–water partition coefficient (Wildman–Crippen LogP) is 3.10. The van der Waals surface area contributed by atoms with Crippen LogP contribution in [0.4, 0.5) is 5.69 Å². The first-order valence-electron chi connectivity index (χ1n) is 7.98. The molecule has 1 aromatic carbocycles. The van der Waals surface area contributed by atoms with Crippen LogP contribution in [-0.4, -0.2) is 24.5 Å². The quantitative estimate of drug-likeness (QED) is 0.382. The molecule has 0 spiro atoms. The minimum absolute atomic E-state index is 0. The van der Waals surface area contributed by atoms with Crippen molar-refractivity contribution < 1.29 is 4.79 Å². The number of rotatable bonds is 5. The van der Waals surface area contributed by atoms with Crippen LogP contribution in [0.15, 0.2) is 23.2 Å². The van der Waals surface area contributed by atoms with Gasteiger partial charge in [0.05, 0.1) is 6.54 Å². The molecule has 0 saturated heterocycles. The number of hydrogen-bond acceptors (Lipinski definition) is 2. The molecule has 23 heavy (non-hydrogen) atoms. The maximum Gasteiger partial charge on any atom is 0.222 e. The van der Waals surface area contributed by atoms with Crippen molar-refractivity contribution in [2.45, 2.75) is 52.0 Å². The number of carbonyl (C=O) groups excluding carboxylic acids is 1. The maximum absolute atomic E-state index is 11.8. The Balaban J connectivity index is 0.00000264. The fourth-order valence-corrected chi connectivity index (χ4v) is 2.65. The van der Waals surface area contributed by atoms with Gasteiger partial charge in [-0.2, -0.15) is 0 Å². The number of nitrogens with zero attached hydrogens (tertiary/aromatic N) is 1. The smallest absolute Gasteiger partial charge is 0.222 e. The van der Waals surface area contributed by atoms with Crippen molar-refractivity contribution >= 4 is 41.5 Å². The highest BCUT2D eigenvalue weighted by molar-refractivity contribution is 14.0. The maximum atomic E-state index is 11.8. The first-order chi connectivity index (χ1) is 10.5. The molecule has 4 N–H and O–H groups in total. The van der Waals surface area contributed by atoms with E-state index in [4.69, 9.17) is 5.73 Å². The summed E-state index contributed by atoms with van der Waals surface area (Å²) in [6.45, 7) is 4.53. The van der Waals surface area contributed by atoms with Gasteiger partial charge < -0.3 is 16.4 Å². The Morgan fingerprint density at radius 2 is 1.96 bits per heavy atom. The first kappa shape index (κ1) is 19.7. The van der Waals surface area contributed by atoms with Crippen molar-refractivity contribution in [3.05, 3.63) is 29.3 Å². The number of nitrogens with one attached hydrogen (secondary N) is 2. The van der Waals surface area contributed by atoms with Crippen LogP contribution in [0, 0.1) is 13.8 Å². The molecule has 2 rings (SSSR count). The summed E-state index contributed by atoms with van der Waals surface area (Å²) in [6, 6.07) is 6.41. The standard InChI is InChI=1S/C17H26N4O.HI/c1-12-7-8-15(11-13(12)2)21-17(18)19-10-9-16(22)20-14-5-3-4-6-14;/h7-8,11,14H,3-6,9-10H2,1-2H3,(H,20,22)(H3,18,19,21);1H. The van der Waals surface area contributed by atoms with Gasteiger partial charge in [-0.05, 0) is 49.9 Å². The van der Waals surface area contributed by atoms with Gasteiger partial charge in [0.2, 0.25) is 5.91 Å². The zero-order valence-electron chi connectivity index (χ0n) is 13.9. The summed E-state index contributed by atoms with van der Waals surface area (Å²) in [5.41, 5.74) is 9.21. The monoisotopic (exact) mass is 430 g/mol. The van der Waals surface area contributed by atoms with E-state index in [0.29, 0.717) is 25.0 Å². The number of hydrogen-bond donors (Lipinski definition) is 3. The summed E-state index contributed by atoms with van der Waals surface area (Å²) in [4.78, 5) is 16.0. The molecular weight excluding hydrogens is 403 g/mol. The van der Waals surface area contributed by atoms with Crippen LogP contribution in [0.5, 0.6) is 0 Å². The van der Waals surface area contributed by atoms with Crippen LogP contribution in [0.2, 0.25) is 0 Å². The second kappa shape index (κ2) is 9.75. The third-order valence-electron chi connectivity index (χ3n) is 4.12. The lowest BCUT2D eigenvalue weighted by Crippen LogP contribution is -2.33. The summed E-state index contributed by atoms with van der Waals surface area (Å²) in [5.74, 6) is 0.409. The fourth-order valence-electron chi connectivity index (χ4n) is 2.65. The molecule has 0 bridgehead atoms. The molecule has 0 aliphatic heterocycles. The topological polar surface area (TPSA) is 79.5 Å². The Labute approximate surface area is 155 Å². The molecule has 1 amide bonds. The van der Waals surface area contributed by atoms with Gasteiger partial charge in [-0.1, -0.05) is 18.9 Å². The van der Waals surface area contributed by atoms with Crippen molar-refractivity contribution in [2.75, 3.05) is 11.9 Å². The number of amides is 1. The van der Waals surface area contributed by atoms with Gasteiger partial charge in [-0.3, -0.25) is 9.79 Å². The highest BCUT2D eigenvalue weighted by Gasteiger charge is 2.16. The molecule has 6 heteroatoms. The first-order valence-corrected chi connectivity index (χ1v) is 7.98. The number of nitrogens with two attached hydrogens (primary N) is 1. The van der Waals surface area contributed by atoms with E-state index < -0.39 is 0 Å². The predicted molar refractivity (Wildman–Crippen MR) is 106 cm³/mol. The van der Waals surface area contributed by atoms with Crippen molar-refractivity contribution in [3.8, 4) is 0 Å². The Morgan fingerprint density at radius 1 is 1.26 bits per heavy atom. The van der Waals surface area contributed by atoms with Gasteiger partial charge in [-0.25, -0.2) is 0 Å². The summed E-state index contributed by atoms with van der Waals surface area (Å²) < 4.78 is 0. The number of anilines is 1. The van der Waals surface area contributed by atoms with Gasteiger partial charge >= 0.3 is 0 Å². The summed E-state index contributed by atoms with van der Waals surface area (Å²) >= 11 is 0. The van der Waals surface area contributed by atoms with Crippen LogP contribution in [-0.2, 0) is 4.79 Å². The molecule has 1 saturated carbocycles.